The topological polar surface area (TPSA) is 41.6 Å². The van der Waals surface area contributed by atoms with Crippen LogP contribution in [0.3, 0.4) is 0 Å². The quantitative estimate of drug-likeness (QED) is 0.759. The smallest absolute Gasteiger partial charge is 0.409 e. The summed E-state index contributed by atoms with van der Waals surface area (Å²) in [4.78, 5) is 13.3. The first-order valence-electron chi connectivity index (χ1n) is 6.41. The van der Waals surface area contributed by atoms with E-state index in [1.165, 1.54) is 18.2 Å². The second-order valence-corrected chi connectivity index (χ2v) is 5.05. The third kappa shape index (κ3) is 1.68. The maximum Gasteiger partial charge on any atom is 0.409 e. The Labute approximate surface area is 107 Å². The number of carbonyl (C=O) groups is 1. The second kappa shape index (κ2) is 4.28. The van der Waals surface area contributed by atoms with Gasteiger partial charge in [-0.3, -0.25) is 0 Å². The number of hydrogen-bond acceptors (Lipinski definition) is 3. The molecule has 4 nitrogen and oxygen atoms in total. The van der Waals surface area contributed by atoms with Crippen LogP contribution in [0.25, 0.3) is 0 Å². The van der Waals surface area contributed by atoms with E-state index in [4.69, 9.17) is 4.74 Å². The van der Waals surface area contributed by atoms with Crippen LogP contribution in [0.5, 0.6) is 0 Å². The number of methoxy groups -OCH3 is 1. The van der Waals surface area contributed by atoms with Crippen molar-refractivity contribution in [2.45, 2.75) is 24.9 Å². The van der Waals surface area contributed by atoms with Crippen LogP contribution < -0.4 is 5.32 Å². The lowest BCUT2D eigenvalue weighted by Crippen LogP contribution is -2.49. The minimum absolute atomic E-state index is 0.0706. The number of piperidine rings is 1. The number of nitrogens with one attached hydrogen (secondary N) is 1. The Morgan fingerprint density at radius 1 is 1.33 bits per heavy atom. The Morgan fingerprint density at radius 3 is 2.78 bits per heavy atom. The molecular weight excluding hydrogens is 228 g/mol. The van der Waals surface area contributed by atoms with Gasteiger partial charge in [-0.1, -0.05) is 24.3 Å². The molecule has 1 spiro atoms. The summed E-state index contributed by atoms with van der Waals surface area (Å²) >= 11 is 0. The van der Waals surface area contributed by atoms with E-state index >= 15 is 0 Å². The minimum Gasteiger partial charge on any atom is -0.453 e. The third-order valence-electron chi connectivity index (χ3n) is 4.20. The highest BCUT2D eigenvalue weighted by atomic mass is 16.5. The summed E-state index contributed by atoms with van der Waals surface area (Å²) < 4.78 is 4.78. The molecule has 0 saturated carbocycles. The van der Waals surface area contributed by atoms with E-state index in [-0.39, 0.29) is 11.6 Å². The van der Waals surface area contributed by atoms with Gasteiger partial charge >= 0.3 is 6.09 Å². The lowest BCUT2D eigenvalue weighted by atomic mass is 9.82. The maximum absolute atomic E-state index is 11.5. The van der Waals surface area contributed by atoms with Gasteiger partial charge in [0, 0.05) is 25.2 Å². The summed E-state index contributed by atoms with van der Waals surface area (Å²) in [5, 5.41) is 3.64. The van der Waals surface area contributed by atoms with Gasteiger partial charge in [0.25, 0.3) is 0 Å². The van der Waals surface area contributed by atoms with Gasteiger partial charge in [0.15, 0.2) is 0 Å². The summed E-state index contributed by atoms with van der Waals surface area (Å²) in [6.07, 6.45) is 1.70. The van der Waals surface area contributed by atoms with Crippen LogP contribution in [0.4, 0.5) is 4.79 Å². The average Bonchev–Trinajstić information content (AvgIpc) is 2.78. The molecule has 1 amide bonds. The van der Waals surface area contributed by atoms with Gasteiger partial charge in [-0.2, -0.15) is 0 Å². The molecule has 96 valence electrons. The van der Waals surface area contributed by atoms with Crippen molar-refractivity contribution in [3.63, 3.8) is 0 Å². The minimum atomic E-state index is -0.212. The fourth-order valence-electron chi connectivity index (χ4n) is 3.15. The van der Waals surface area contributed by atoms with Crippen molar-refractivity contribution in [3.05, 3.63) is 35.4 Å². The molecule has 1 N–H and O–H groups in total. The Bertz CT molecular complexity index is 465. The molecule has 2 aliphatic heterocycles. The highest BCUT2D eigenvalue weighted by Gasteiger charge is 2.41. The average molecular weight is 246 g/mol. The highest BCUT2D eigenvalue weighted by Crippen LogP contribution is 2.39. The van der Waals surface area contributed by atoms with Crippen molar-refractivity contribution >= 4 is 6.09 Å². The van der Waals surface area contributed by atoms with E-state index in [0.29, 0.717) is 0 Å². The first-order valence-corrected chi connectivity index (χ1v) is 6.41. The number of ether oxygens (including phenoxy) is 1. The van der Waals surface area contributed by atoms with E-state index in [1.54, 1.807) is 4.90 Å². The normalized spacial score (nSPS) is 20.8. The standard InChI is InChI=1S/C14H18N2O2/c1-18-13(17)16-8-6-14(7-9-16)12-5-3-2-4-11(12)10-15-14/h2-5,15H,6-10H2,1H3. The van der Waals surface area contributed by atoms with E-state index in [1.807, 2.05) is 0 Å². The van der Waals surface area contributed by atoms with Crippen molar-refractivity contribution in [2.75, 3.05) is 20.2 Å². The largest absolute Gasteiger partial charge is 0.453 e. The second-order valence-electron chi connectivity index (χ2n) is 5.05. The van der Waals surface area contributed by atoms with Crippen LogP contribution in [-0.2, 0) is 16.8 Å². The Morgan fingerprint density at radius 2 is 2.06 bits per heavy atom. The van der Waals surface area contributed by atoms with E-state index < -0.39 is 0 Å². The highest BCUT2D eigenvalue weighted by molar-refractivity contribution is 5.67. The monoisotopic (exact) mass is 246 g/mol. The summed E-state index contributed by atoms with van der Waals surface area (Å²) in [5.41, 5.74) is 2.87. The number of nitrogens with zero attached hydrogens (tertiary/aromatic N) is 1. The molecule has 2 heterocycles. The number of benzene rings is 1. The lowest BCUT2D eigenvalue weighted by Gasteiger charge is -2.39. The molecule has 1 fully saturated rings. The number of fused-ring (bicyclic) bond motifs is 2. The van der Waals surface area contributed by atoms with Crippen LogP contribution >= 0.6 is 0 Å². The molecule has 18 heavy (non-hydrogen) atoms. The SMILES string of the molecule is COC(=O)N1CCC2(CC1)NCc1ccccc12. The number of rotatable bonds is 0. The fourth-order valence-corrected chi connectivity index (χ4v) is 3.15. The number of likely N-dealkylation sites (tertiary alicyclic amines) is 1. The fraction of sp³-hybridized carbons (Fsp3) is 0.500. The van der Waals surface area contributed by atoms with E-state index in [0.717, 1.165) is 32.5 Å². The van der Waals surface area contributed by atoms with Crippen molar-refractivity contribution in [3.8, 4) is 0 Å². The molecule has 1 aromatic rings. The van der Waals surface area contributed by atoms with Crippen molar-refractivity contribution in [1.82, 2.24) is 10.2 Å². The van der Waals surface area contributed by atoms with E-state index in [2.05, 4.69) is 29.6 Å². The molecule has 1 aromatic carbocycles. The molecule has 0 bridgehead atoms. The van der Waals surface area contributed by atoms with E-state index in [9.17, 15) is 4.79 Å². The van der Waals surface area contributed by atoms with Gasteiger partial charge in [0.2, 0.25) is 0 Å². The molecular formula is C14H18N2O2. The molecule has 0 unspecified atom stereocenters. The maximum atomic E-state index is 11.5. The zero-order chi connectivity index (χ0) is 12.6. The number of hydrogen-bond donors (Lipinski definition) is 1. The van der Waals surface area contributed by atoms with Crippen LogP contribution in [-0.4, -0.2) is 31.2 Å². The van der Waals surface area contributed by atoms with Crippen LogP contribution in [0, 0.1) is 0 Å². The third-order valence-corrected chi connectivity index (χ3v) is 4.20. The van der Waals surface area contributed by atoms with Crippen molar-refractivity contribution < 1.29 is 9.53 Å². The van der Waals surface area contributed by atoms with Crippen LogP contribution in [0.2, 0.25) is 0 Å². The molecule has 0 aromatic heterocycles. The zero-order valence-electron chi connectivity index (χ0n) is 10.6. The van der Waals surface area contributed by atoms with Crippen molar-refractivity contribution in [1.29, 1.82) is 0 Å². The Hall–Kier alpha value is -1.55. The van der Waals surface area contributed by atoms with Crippen molar-refractivity contribution in [2.24, 2.45) is 0 Å². The van der Waals surface area contributed by atoms with Crippen LogP contribution in [0.15, 0.2) is 24.3 Å². The molecule has 0 aliphatic carbocycles. The first kappa shape index (κ1) is 11.5. The molecule has 0 atom stereocenters. The lowest BCUT2D eigenvalue weighted by molar-refractivity contribution is 0.0939. The number of carbonyl (C=O) groups excluding carboxylic acids is 1. The van der Waals surface area contributed by atoms with Gasteiger partial charge < -0.3 is 15.0 Å². The van der Waals surface area contributed by atoms with Gasteiger partial charge in [0.1, 0.15) is 0 Å². The summed E-state index contributed by atoms with van der Waals surface area (Å²) in [7, 11) is 1.44. The summed E-state index contributed by atoms with van der Waals surface area (Å²) in [6, 6.07) is 8.58. The Kier molecular flexibility index (Phi) is 2.74. The molecule has 1 saturated heterocycles. The van der Waals surface area contributed by atoms with Gasteiger partial charge in [-0.15, -0.1) is 0 Å². The first-order chi connectivity index (χ1) is 8.75. The van der Waals surface area contributed by atoms with Gasteiger partial charge in [0.05, 0.1) is 7.11 Å². The predicted octanol–water partition coefficient (Wildman–Crippen LogP) is 1.85. The van der Waals surface area contributed by atoms with Gasteiger partial charge in [-0.05, 0) is 24.0 Å². The van der Waals surface area contributed by atoms with Crippen LogP contribution in [0.1, 0.15) is 24.0 Å². The molecule has 0 radical (unpaired) electrons. The molecule has 3 rings (SSSR count). The zero-order valence-corrected chi connectivity index (χ0v) is 10.6. The molecule has 4 heteroatoms. The Balaban J connectivity index is 1.79. The predicted molar refractivity (Wildman–Crippen MR) is 68.2 cm³/mol. The number of amides is 1. The summed E-state index contributed by atoms with van der Waals surface area (Å²) in [6.45, 7) is 2.45. The summed E-state index contributed by atoms with van der Waals surface area (Å²) in [5.74, 6) is 0. The molecule has 2 aliphatic rings. The van der Waals surface area contributed by atoms with Gasteiger partial charge in [-0.25, -0.2) is 4.79 Å².